The highest BCUT2D eigenvalue weighted by atomic mass is 16.5. The second-order valence-corrected chi connectivity index (χ2v) is 8.31. The minimum absolute atomic E-state index is 0.162. The third-order valence-corrected chi connectivity index (χ3v) is 3.93. The van der Waals surface area contributed by atoms with Gasteiger partial charge in [0, 0.05) is 6.42 Å². The van der Waals surface area contributed by atoms with E-state index in [-0.39, 0.29) is 16.8 Å². The third-order valence-electron chi connectivity index (χ3n) is 3.93. The first-order valence-corrected chi connectivity index (χ1v) is 8.68. The van der Waals surface area contributed by atoms with E-state index in [1.807, 2.05) is 25.1 Å². The van der Waals surface area contributed by atoms with Gasteiger partial charge in [0.1, 0.15) is 5.75 Å². The van der Waals surface area contributed by atoms with E-state index in [4.69, 9.17) is 4.74 Å². The zero-order valence-electron chi connectivity index (χ0n) is 16.2. The van der Waals surface area contributed by atoms with Crippen molar-refractivity contribution in [3.05, 3.63) is 41.2 Å². The van der Waals surface area contributed by atoms with Crippen LogP contribution in [0.15, 0.2) is 24.5 Å². The van der Waals surface area contributed by atoms with Crippen molar-refractivity contribution in [2.75, 3.05) is 0 Å². The van der Waals surface area contributed by atoms with Crippen LogP contribution in [0.3, 0.4) is 0 Å². The second-order valence-electron chi connectivity index (χ2n) is 8.31. The number of ether oxygens (including phenoxy) is 1. The minimum Gasteiger partial charge on any atom is -0.507 e. The molecule has 0 atom stereocenters. The summed E-state index contributed by atoms with van der Waals surface area (Å²) in [7, 11) is 0. The molecule has 1 rings (SSSR count). The molecule has 0 aliphatic rings. The van der Waals surface area contributed by atoms with Gasteiger partial charge >= 0.3 is 5.97 Å². The third kappa shape index (κ3) is 5.70. The van der Waals surface area contributed by atoms with Gasteiger partial charge in [-0.2, -0.15) is 0 Å². The van der Waals surface area contributed by atoms with Crippen LogP contribution in [0.4, 0.5) is 0 Å². The lowest BCUT2D eigenvalue weighted by atomic mass is 9.78. The molecule has 0 unspecified atom stereocenters. The molecule has 1 aromatic rings. The van der Waals surface area contributed by atoms with Crippen LogP contribution in [0.25, 0.3) is 0 Å². The summed E-state index contributed by atoms with van der Waals surface area (Å²) in [5, 5.41) is 10.7. The standard InChI is InChI=1S/C21H32O3/c1-8-9-12-24-18(22)11-10-15-13-16(20(2,3)4)19(23)17(14-15)21(5,6)7/h9,12-14,23H,8,10-11H2,1-7H3. The van der Waals surface area contributed by atoms with Gasteiger partial charge in [-0.3, -0.25) is 4.79 Å². The fourth-order valence-electron chi connectivity index (χ4n) is 2.51. The van der Waals surface area contributed by atoms with E-state index < -0.39 is 0 Å². The fraction of sp³-hybridized carbons (Fsp3) is 0.571. The summed E-state index contributed by atoms with van der Waals surface area (Å²) >= 11 is 0. The molecule has 0 aliphatic carbocycles. The molecule has 0 aromatic heterocycles. The zero-order chi connectivity index (χ0) is 18.5. The molecule has 1 N–H and O–H groups in total. The molecule has 3 nitrogen and oxygen atoms in total. The summed E-state index contributed by atoms with van der Waals surface area (Å²) in [6.45, 7) is 14.5. The number of carbonyl (C=O) groups is 1. The predicted octanol–water partition coefficient (Wildman–Crippen LogP) is 5.39. The Kier molecular flexibility index (Phi) is 6.65. The van der Waals surface area contributed by atoms with Crippen LogP contribution in [0.1, 0.15) is 78.0 Å². The van der Waals surface area contributed by atoms with Crippen LogP contribution in [-0.2, 0) is 26.8 Å². The number of phenolic OH excluding ortho intramolecular Hbond substituents is 1. The van der Waals surface area contributed by atoms with Crippen molar-refractivity contribution in [1.29, 1.82) is 0 Å². The summed E-state index contributed by atoms with van der Waals surface area (Å²) in [5.74, 6) is 0.134. The van der Waals surface area contributed by atoms with Gasteiger partial charge in [-0.15, -0.1) is 0 Å². The fourth-order valence-corrected chi connectivity index (χ4v) is 2.51. The van der Waals surface area contributed by atoms with Gasteiger partial charge in [0.25, 0.3) is 0 Å². The first kappa shape index (κ1) is 20.3. The average Bonchev–Trinajstić information content (AvgIpc) is 2.44. The normalized spacial score (nSPS) is 12.6. The maximum absolute atomic E-state index is 11.8. The maximum Gasteiger partial charge on any atom is 0.310 e. The lowest BCUT2D eigenvalue weighted by molar-refractivity contribution is -0.137. The molecular weight excluding hydrogens is 300 g/mol. The van der Waals surface area contributed by atoms with Crippen LogP contribution in [0.5, 0.6) is 5.75 Å². The van der Waals surface area contributed by atoms with Crippen molar-refractivity contribution in [1.82, 2.24) is 0 Å². The molecule has 0 radical (unpaired) electrons. The SMILES string of the molecule is CCC=COC(=O)CCc1cc(C(C)(C)C)c(O)c(C(C)(C)C)c1. The zero-order valence-corrected chi connectivity index (χ0v) is 16.2. The van der Waals surface area contributed by atoms with Crippen LogP contribution < -0.4 is 0 Å². The largest absolute Gasteiger partial charge is 0.507 e. The molecule has 0 saturated heterocycles. The summed E-state index contributed by atoms with van der Waals surface area (Å²) in [6.07, 6.45) is 5.04. The van der Waals surface area contributed by atoms with E-state index in [1.165, 1.54) is 6.26 Å². The topological polar surface area (TPSA) is 46.5 Å². The smallest absolute Gasteiger partial charge is 0.310 e. The quantitative estimate of drug-likeness (QED) is 0.581. The highest BCUT2D eigenvalue weighted by molar-refractivity contribution is 5.70. The van der Waals surface area contributed by atoms with E-state index in [0.29, 0.717) is 18.6 Å². The number of esters is 1. The average molecular weight is 332 g/mol. The first-order chi connectivity index (χ1) is 11.0. The summed E-state index contributed by atoms with van der Waals surface area (Å²) in [4.78, 5) is 11.8. The molecular formula is C21H32O3. The van der Waals surface area contributed by atoms with Crippen LogP contribution >= 0.6 is 0 Å². The molecule has 134 valence electrons. The Morgan fingerprint density at radius 2 is 1.58 bits per heavy atom. The number of carbonyl (C=O) groups excluding carboxylic acids is 1. The molecule has 3 heteroatoms. The van der Waals surface area contributed by atoms with Crippen molar-refractivity contribution in [3.8, 4) is 5.75 Å². The Balaban J connectivity index is 3.07. The maximum atomic E-state index is 11.8. The highest BCUT2D eigenvalue weighted by Gasteiger charge is 2.26. The molecule has 0 bridgehead atoms. The Hall–Kier alpha value is -1.77. The van der Waals surface area contributed by atoms with Gasteiger partial charge < -0.3 is 9.84 Å². The molecule has 0 heterocycles. The number of aryl methyl sites for hydroxylation is 1. The van der Waals surface area contributed by atoms with Gasteiger partial charge in [-0.1, -0.05) is 60.6 Å². The van der Waals surface area contributed by atoms with E-state index in [1.54, 1.807) is 0 Å². The van der Waals surface area contributed by atoms with Gasteiger partial charge in [0.15, 0.2) is 0 Å². The molecule has 0 saturated carbocycles. The Morgan fingerprint density at radius 3 is 2.00 bits per heavy atom. The Bertz CT molecular complexity index is 563. The number of hydrogen-bond acceptors (Lipinski definition) is 3. The summed E-state index contributed by atoms with van der Waals surface area (Å²) < 4.78 is 5.05. The molecule has 0 fully saturated rings. The van der Waals surface area contributed by atoms with Crippen molar-refractivity contribution >= 4 is 5.97 Å². The van der Waals surface area contributed by atoms with Gasteiger partial charge in [0.05, 0.1) is 6.26 Å². The van der Waals surface area contributed by atoms with E-state index in [0.717, 1.165) is 23.1 Å². The number of phenols is 1. The van der Waals surface area contributed by atoms with E-state index in [2.05, 4.69) is 41.5 Å². The number of allylic oxidation sites excluding steroid dienone is 1. The summed E-state index contributed by atoms with van der Waals surface area (Å²) in [6, 6.07) is 4.03. The molecule has 24 heavy (non-hydrogen) atoms. The van der Waals surface area contributed by atoms with Crippen molar-refractivity contribution in [2.45, 2.75) is 78.6 Å². The van der Waals surface area contributed by atoms with Gasteiger partial charge in [-0.05, 0) is 46.4 Å². The molecule has 0 amide bonds. The lowest BCUT2D eigenvalue weighted by Crippen LogP contribution is -2.18. The lowest BCUT2D eigenvalue weighted by Gasteiger charge is -2.28. The molecule has 0 aliphatic heterocycles. The summed E-state index contributed by atoms with van der Waals surface area (Å²) in [5.41, 5.74) is 2.57. The Morgan fingerprint density at radius 1 is 1.08 bits per heavy atom. The van der Waals surface area contributed by atoms with Crippen LogP contribution in [-0.4, -0.2) is 11.1 Å². The van der Waals surface area contributed by atoms with Crippen LogP contribution in [0, 0.1) is 0 Å². The van der Waals surface area contributed by atoms with E-state index >= 15 is 0 Å². The van der Waals surface area contributed by atoms with Gasteiger partial charge in [-0.25, -0.2) is 0 Å². The minimum atomic E-state index is -0.234. The van der Waals surface area contributed by atoms with Crippen molar-refractivity contribution in [2.24, 2.45) is 0 Å². The van der Waals surface area contributed by atoms with Crippen molar-refractivity contribution in [3.63, 3.8) is 0 Å². The second kappa shape index (κ2) is 7.87. The number of benzene rings is 1. The molecule has 1 aromatic carbocycles. The number of aromatic hydroxyl groups is 1. The number of hydrogen-bond donors (Lipinski definition) is 1. The molecule has 0 spiro atoms. The monoisotopic (exact) mass is 332 g/mol. The first-order valence-electron chi connectivity index (χ1n) is 8.68. The highest BCUT2D eigenvalue weighted by Crippen LogP contribution is 2.39. The number of rotatable bonds is 5. The van der Waals surface area contributed by atoms with E-state index in [9.17, 15) is 9.90 Å². The predicted molar refractivity (Wildman–Crippen MR) is 99.4 cm³/mol. The van der Waals surface area contributed by atoms with Gasteiger partial charge in [0.2, 0.25) is 0 Å². The van der Waals surface area contributed by atoms with Crippen LogP contribution in [0.2, 0.25) is 0 Å². The van der Waals surface area contributed by atoms with Crippen molar-refractivity contribution < 1.29 is 14.6 Å². The Labute approximate surface area is 146 Å².